The van der Waals surface area contributed by atoms with Crippen molar-refractivity contribution < 1.29 is 22.4 Å². The minimum absolute atomic E-state index is 0.0195. The fourth-order valence-corrected chi connectivity index (χ4v) is 5.10. The van der Waals surface area contributed by atoms with Gasteiger partial charge in [0.05, 0.1) is 18.6 Å². The Balaban J connectivity index is 2.39. The van der Waals surface area contributed by atoms with Crippen LogP contribution in [0.25, 0.3) is 0 Å². The zero-order valence-corrected chi connectivity index (χ0v) is 17.9. The summed E-state index contributed by atoms with van der Waals surface area (Å²) < 4.78 is 38.2. The average Bonchev–Trinajstić information content (AvgIpc) is 3.07. The van der Waals surface area contributed by atoms with Gasteiger partial charge in [-0.2, -0.15) is 4.31 Å². The van der Waals surface area contributed by atoms with Gasteiger partial charge < -0.3 is 9.15 Å². The highest BCUT2D eigenvalue weighted by Crippen LogP contribution is 2.27. The zero-order chi connectivity index (χ0) is 20.9. The van der Waals surface area contributed by atoms with E-state index < -0.39 is 16.0 Å². The Labute approximate surface area is 166 Å². The Morgan fingerprint density at radius 2 is 1.82 bits per heavy atom. The van der Waals surface area contributed by atoms with Crippen molar-refractivity contribution in [1.29, 1.82) is 0 Å². The highest BCUT2D eigenvalue weighted by atomic mass is 32.2. The van der Waals surface area contributed by atoms with Gasteiger partial charge in [-0.3, -0.25) is 0 Å². The molecule has 0 amide bonds. The van der Waals surface area contributed by atoms with Crippen LogP contribution in [0.1, 0.15) is 59.3 Å². The lowest BCUT2D eigenvalue weighted by Crippen LogP contribution is -2.33. The summed E-state index contributed by atoms with van der Waals surface area (Å²) in [6, 6.07) is 3.73. The van der Waals surface area contributed by atoms with Crippen LogP contribution in [0.5, 0.6) is 0 Å². The number of sulfonamides is 1. The Hall–Kier alpha value is -2.19. The van der Waals surface area contributed by atoms with E-state index in [0.29, 0.717) is 22.6 Å². The lowest BCUT2D eigenvalue weighted by molar-refractivity contribution is 0.0594. The Kier molecular flexibility index (Phi) is 7.37. The van der Waals surface area contributed by atoms with Crippen LogP contribution in [0, 0.1) is 20.8 Å². The van der Waals surface area contributed by atoms with Gasteiger partial charge in [0.15, 0.2) is 5.69 Å². The topological polar surface area (TPSA) is 89.7 Å². The number of methoxy groups -OCH3 is 1. The molecule has 1 heterocycles. The quantitative estimate of drug-likeness (QED) is 0.463. The molecule has 0 aliphatic rings. The van der Waals surface area contributed by atoms with Gasteiger partial charge in [-0.25, -0.2) is 18.2 Å². The number of aryl methyl sites for hydroxylation is 3. The van der Waals surface area contributed by atoms with E-state index in [0.717, 1.165) is 24.8 Å². The molecular formula is C20H28N2O5S. The molecule has 0 saturated carbocycles. The van der Waals surface area contributed by atoms with Gasteiger partial charge in [-0.05, 0) is 38.3 Å². The van der Waals surface area contributed by atoms with E-state index >= 15 is 0 Å². The van der Waals surface area contributed by atoms with Gasteiger partial charge in [-0.15, -0.1) is 0 Å². The molecule has 0 bridgehead atoms. The van der Waals surface area contributed by atoms with Gasteiger partial charge in [0.25, 0.3) is 0 Å². The van der Waals surface area contributed by atoms with E-state index in [1.165, 1.54) is 17.7 Å². The van der Waals surface area contributed by atoms with E-state index in [4.69, 9.17) is 4.42 Å². The average molecular weight is 409 g/mol. The van der Waals surface area contributed by atoms with Crippen LogP contribution < -0.4 is 0 Å². The van der Waals surface area contributed by atoms with Crippen LogP contribution in [0.15, 0.2) is 27.7 Å². The summed E-state index contributed by atoms with van der Waals surface area (Å²) in [6.07, 6.45) is 3.80. The predicted molar refractivity (Wildman–Crippen MR) is 106 cm³/mol. The first-order valence-electron chi connectivity index (χ1n) is 9.31. The second-order valence-corrected chi connectivity index (χ2v) is 8.77. The summed E-state index contributed by atoms with van der Waals surface area (Å²) in [4.78, 5) is 16.0. The van der Waals surface area contributed by atoms with Crippen molar-refractivity contribution >= 4 is 16.0 Å². The van der Waals surface area contributed by atoms with Gasteiger partial charge in [0, 0.05) is 6.54 Å². The first-order chi connectivity index (χ1) is 13.2. The number of unbranched alkanes of at least 4 members (excludes halogenated alkanes) is 2. The van der Waals surface area contributed by atoms with Crippen molar-refractivity contribution in [1.82, 2.24) is 9.29 Å². The number of rotatable bonds is 9. The van der Waals surface area contributed by atoms with Crippen molar-refractivity contribution in [3.05, 3.63) is 46.7 Å². The van der Waals surface area contributed by atoms with Gasteiger partial charge in [0.2, 0.25) is 15.9 Å². The standard InChI is InChI=1S/C20H28N2O5S/c1-6-7-8-9-22(12-18-21-17(13-27-18)20(23)26-5)28(24,25)19-15(3)10-14(2)11-16(19)4/h10-11,13H,6-9,12H2,1-5H3. The number of nitrogens with zero attached hydrogens (tertiary/aromatic N) is 2. The van der Waals surface area contributed by atoms with E-state index in [2.05, 4.69) is 16.6 Å². The molecule has 0 unspecified atom stereocenters. The molecule has 7 nitrogen and oxygen atoms in total. The van der Waals surface area contributed by atoms with Crippen LogP contribution in [0.2, 0.25) is 0 Å². The van der Waals surface area contributed by atoms with Crippen molar-refractivity contribution in [2.24, 2.45) is 0 Å². The molecule has 154 valence electrons. The summed E-state index contributed by atoms with van der Waals surface area (Å²) in [5.41, 5.74) is 2.45. The molecule has 0 atom stereocenters. The third-order valence-corrected chi connectivity index (χ3v) is 6.62. The zero-order valence-electron chi connectivity index (χ0n) is 17.1. The molecule has 1 aromatic heterocycles. The maximum Gasteiger partial charge on any atom is 0.360 e. The van der Waals surface area contributed by atoms with Gasteiger partial charge in [-0.1, -0.05) is 37.5 Å². The summed E-state index contributed by atoms with van der Waals surface area (Å²) >= 11 is 0. The van der Waals surface area contributed by atoms with Crippen LogP contribution in [-0.2, 0) is 21.3 Å². The molecule has 1 aromatic carbocycles. The van der Waals surface area contributed by atoms with Crippen molar-refractivity contribution in [2.45, 2.75) is 58.4 Å². The highest BCUT2D eigenvalue weighted by Gasteiger charge is 2.29. The van der Waals surface area contributed by atoms with Crippen LogP contribution >= 0.6 is 0 Å². The van der Waals surface area contributed by atoms with Crippen LogP contribution in [-0.4, -0.2) is 37.3 Å². The normalized spacial score (nSPS) is 11.8. The summed E-state index contributed by atoms with van der Waals surface area (Å²) in [7, 11) is -2.51. The Morgan fingerprint density at radius 3 is 2.39 bits per heavy atom. The summed E-state index contributed by atoms with van der Waals surface area (Å²) in [6.45, 7) is 7.91. The minimum Gasteiger partial charge on any atom is -0.464 e. The molecule has 0 spiro atoms. The third kappa shape index (κ3) is 4.99. The molecule has 0 radical (unpaired) electrons. The summed E-state index contributed by atoms with van der Waals surface area (Å²) in [5, 5.41) is 0. The number of ether oxygens (including phenoxy) is 1. The molecule has 0 fully saturated rings. The predicted octanol–water partition coefficient (Wildman–Crippen LogP) is 3.77. The minimum atomic E-state index is -3.76. The van der Waals surface area contributed by atoms with Crippen LogP contribution in [0.3, 0.4) is 0 Å². The van der Waals surface area contributed by atoms with E-state index in [1.807, 2.05) is 19.1 Å². The van der Waals surface area contributed by atoms with Crippen molar-refractivity contribution in [3.8, 4) is 0 Å². The second kappa shape index (κ2) is 9.34. The number of benzene rings is 1. The van der Waals surface area contributed by atoms with E-state index in [1.54, 1.807) is 13.8 Å². The van der Waals surface area contributed by atoms with Gasteiger partial charge in [0.1, 0.15) is 6.26 Å². The molecule has 28 heavy (non-hydrogen) atoms. The molecule has 8 heteroatoms. The molecule has 0 saturated heterocycles. The maximum atomic E-state index is 13.4. The SMILES string of the molecule is CCCCCN(Cc1nc(C(=O)OC)co1)S(=O)(=O)c1c(C)cc(C)cc1C. The fraction of sp³-hybridized carbons (Fsp3) is 0.500. The number of oxazole rings is 1. The number of hydrogen-bond acceptors (Lipinski definition) is 6. The maximum absolute atomic E-state index is 13.4. The second-order valence-electron chi connectivity index (χ2n) is 6.89. The van der Waals surface area contributed by atoms with E-state index in [9.17, 15) is 13.2 Å². The Bertz CT molecular complexity index is 911. The highest BCUT2D eigenvalue weighted by molar-refractivity contribution is 7.89. The lowest BCUT2D eigenvalue weighted by atomic mass is 10.1. The fourth-order valence-electron chi connectivity index (χ4n) is 3.26. The number of carbonyl (C=O) groups excluding carboxylic acids is 1. The summed E-state index contributed by atoms with van der Waals surface area (Å²) in [5.74, 6) is -0.469. The van der Waals surface area contributed by atoms with E-state index in [-0.39, 0.29) is 18.1 Å². The molecule has 0 aliphatic carbocycles. The molecule has 2 rings (SSSR count). The number of hydrogen-bond donors (Lipinski definition) is 0. The largest absolute Gasteiger partial charge is 0.464 e. The lowest BCUT2D eigenvalue weighted by Gasteiger charge is -2.23. The molecule has 2 aromatic rings. The monoisotopic (exact) mass is 408 g/mol. The van der Waals surface area contributed by atoms with Crippen LogP contribution in [0.4, 0.5) is 0 Å². The van der Waals surface area contributed by atoms with Crippen molar-refractivity contribution in [3.63, 3.8) is 0 Å². The smallest absolute Gasteiger partial charge is 0.360 e. The number of carbonyl (C=O) groups is 1. The molecule has 0 N–H and O–H groups in total. The first kappa shape index (κ1) is 22.1. The Morgan fingerprint density at radius 1 is 1.18 bits per heavy atom. The number of aromatic nitrogens is 1. The third-order valence-electron chi connectivity index (χ3n) is 4.47. The van der Waals surface area contributed by atoms with Gasteiger partial charge >= 0.3 is 5.97 Å². The van der Waals surface area contributed by atoms with Crippen molar-refractivity contribution in [2.75, 3.05) is 13.7 Å². The number of esters is 1. The molecular weight excluding hydrogens is 380 g/mol. The first-order valence-corrected chi connectivity index (χ1v) is 10.8. The molecule has 0 aliphatic heterocycles.